The monoisotopic (exact) mass is 857 g/mol. The minimum atomic E-state index is -0.779. The van der Waals surface area contributed by atoms with Gasteiger partial charge in [0.1, 0.15) is 13.2 Å². The summed E-state index contributed by atoms with van der Waals surface area (Å²) in [5.41, 5.74) is 0. The van der Waals surface area contributed by atoms with Crippen LogP contribution in [0.2, 0.25) is 0 Å². The van der Waals surface area contributed by atoms with E-state index in [1.54, 1.807) is 0 Å². The highest BCUT2D eigenvalue weighted by Crippen LogP contribution is 2.15. The van der Waals surface area contributed by atoms with Crippen LogP contribution >= 0.6 is 0 Å². The maximum Gasteiger partial charge on any atom is 0.306 e. The molecule has 6 heteroatoms. The normalized spacial score (nSPS) is 12.2. The first kappa shape index (κ1) is 58.6. The van der Waals surface area contributed by atoms with Gasteiger partial charge in [0.05, 0.1) is 0 Å². The summed E-state index contributed by atoms with van der Waals surface area (Å²) in [5.74, 6) is -0.891. The second kappa shape index (κ2) is 50.3. The molecule has 0 aromatic carbocycles. The zero-order chi connectivity index (χ0) is 44.4. The first-order valence-corrected chi connectivity index (χ1v) is 26.5. The van der Waals surface area contributed by atoms with Gasteiger partial charge < -0.3 is 14.2 Å². The number of hydrogen-bond acceptors (Lipinski definition) is 6. The van der Waals surface area contributed by atoms with Gasteiger partial charge in [-0.15, -0.1) is 0 Å². The lowest BCUT2D eigenvalue weighted by Crippen LogP contribution is -2.30. The number of unbranched alkanes of at least 4 members (excludes halogenated alkanes) is 31. The maximum atomic E-state index is 12.8. The maximum absolute atomic E-state index is 12.8. The Morgan fingerprint density at radius 2 is 0.590 bits per heavy atom. The molecule has 0 spiro atoms. The molecule has 1 atom stereocenters. The second-order valence-corrected chi connectivity index (χ2v) is 17.8. The van der Waals surface area contributed by atoms with Crippen molar-refractivity contribution >= 4 is 17.9 Å². The Bertz CT molecular complexity index is 1030. The molecule has 0 saturated heterocycles. The summed E-state index contributed by atoms with van der Waals surface area (Å²) in [6.45, 7) is 6.61. The minimum absolute atomic E-state index is 0.0778. The summed E-state index contributed by atoms with van der Waals surface area (Å²) in [4.78, 5) is 38.0. The molecule has 61 heavy (non-hydrogen) atoms. The molecular formula is C55H100O6. The lowest BCUT2D eigenvalue weighted by Gasteiger charge is -2.18. The van der Waals surface area contributed by atoms with E-state index < -0.39 is 6.10 Å². The van der Waals surface area contributed by atoms with Gasteiger partial charge >= 0.3 is 17.9 Å². The summed E-state index contributed by atoms with van der Waals surface area (Å²) in [5, 5.41) is 0. The Morgan fingerprint density at radius 3 is 0.967 bits per heavy atom. The predicted octanol–water partition coefficient (Wildman–Crippen LogP) is 17.3. The third-order valence-corrected chi connectivity index (χ3v) is 11.6. The summed E-state index contributed by atoms with van der Waals surface area (Å²) in [7, 11) is 0. The lowest BCUT2D eigenvalue weighted by atomic mass is 10.0. The van der Waals surface area contributed by atoms with Crippen molar-refractivity contribution < 1.29 is 28.6 Å². The molecule has 0 aliphatic carbocycles. The van der Waals surface area contributed by atoms with Gasteiger partial charge in [0.25, 0.3) is 0 Å². The van der Waals surface area contributed by atoms with E-state index in [9.17, 15) is 14.4 Å². The van der Waals surface area contributed by atoms with E-state index in [0.717, 1.165) is 83.5 Å². The van der Waals surface area contributed by atoms with Crippen molar-refractivity contribution in [3.63, 3.8) is 0 Å². The molecule has 0 aromatic heterocycles. The highest BCUT2D eigenvalue weighted by molar-refractivity contribution is 5.71. The summed E-state index contributed by atoms with van der Waals surface area (Å²) in [6, 6.07) is 0. The Hall–Kier alpha value is -2.37. The van der Waals surface area contributed by atoms with Crippen molar-refractivity contribution in [1.29, 1.82) is 0 Å². The quantitative estimate of drug-likeness (QED) is 0.0262. The molecule has 0 radical (unpaired) electrons. The zero-order valence-electron chi connectivity index (χ0n) is 40.7. The molecule has 0 N–H and O–H groups in total. The fourth-order valence-electron chi connectivity index (χ4n) is 7.59. The number of esters is 3. The van der Waals surface area contributed by atoms with Crippen LogP contribution < -0.4 is 0 Å². The zero-order valence-corrected chi connectivity index (χ0v) is 40.7. The third kappa shape index (κ3) is 48.5. The number of ether oxygens (including phenoxy) is 3. The van der Waals surface area contributed by atoms with Gasteiger partial charge in [-0.3, -0.25) is 14.4 Å². The van der Waals surface area contributed by atoms with Gasteiger partial charge in [0.2, 0.25) is 0 Å². The van der Waals surface area contributed by atoms with Gasteiger partial charge in [0, 0.05) is 19.3 Å². The lowest BCUT2D eigenvalue weighted by molar-refractivity contribution is -0.167. The van der Waals surface area contributed by atoms with E-state index in [0.29, 0.717) is 19.3 Å². The first-order chi connectivity index (χ1) is 30.0. The van der Waals surface area contributed by atoms with Gasteiger partial charge in [0.15, 0.2) is 6.10 Å². The van der Waals surface area contributed by atoms with Crippen LogP contribution in [-0.2, 0) is 28.6 Å². The molecule has 0 aromatic rings. The van der Waals surface area contributed by atoms with E-state index >= 15 is 0 Å². The van der Waals surface area contributed by atoms with Crippen LogP contribution in [0.1, 0.15) is 278 Å². The van der Waals surface area contributed by atoms with Gasteiger partial charge in [-0.25, -0.2) is 0 Å². The van der Waals surface area contributed by atoms with Crippen molar-refractivity contribution in [3.8, 4) is 0 Å². The van der Waals surface area contributed by atoms with Crippen molar-refractivity contribution in [1.82, 2.24) is 0 Å². The highest BCUT2D eigenvalue weighted by Gasteiger charge is 2.19. The minimum Gasteiger partial charge on any atom is -0.462 e. The Morgan fingerprint density at radius 1 is 0.328 bits per heavy atom. The Kier molecular flexibility index (Phi) is 48.3. The fourth-order valence-corrected chi connectivity index (χ4v) is 7.59. The van der Waals surface area contributed by atoms with Gasteiger partial charge in [-0.05, 0) is 77.0 Å². The molecule has 1 unspecified atom stereocenters. The summed E-state index contributed by atoms with van der Waals surface area (Å²) in [6.07, 6.45) is 58.4. The van der Waals surface area contributed by atoms with Crippen molar-refractivity contribution in [2.75, 3.05) is 13.2 Å². The molecule has 6 nitrogen and oxygen atoms in total. The number of hydrogen-bond donors (Lipinski definition) is 0. The first-order valence-electron chi connectivity index (χ1n) is 26.5. The van der Waals surface area contributed by atoms with E-state index in [-0.39, 0.29) is 31.1 Å². The van der Waals surface area contributed by atoms with Crippen LogP contribution in [-0.4, -0.2) is 37.2 Å². The standard InChI is InChI=1S/C55H100O6/c1-4-7-10-13-16-19-22-25-27-28-29-31-33-36-39-42-45-48-54(57)60-51-52(50-59-53(56)47-44-41-38-35-32-24-21-18-15-12-9-6-3)61-55(58)49-46-43-40-37-34-30-26-23-20-17-14-11-8-5-2/h16,19,25,27,30,34,52H,4-15,17-18,20-24,26,28-29,31-33,35-51H2,1-3H3/b19-16-,27-25-,34-30-. The smallest absolute Gasteiger partial charge is 0.306 e. The SMILES string of the molecule is CCCCC/C=C\C/C=C\CCCCCCCCCC(=O)OCC(COC(=O)CCCCCCCCCCCCCC)OC(=O)CCCCC/C=C\CCCCCCCCC. The fraction of sp³-hybridized carbons (Fsp3) is 0.836. The van der Waals surface area contributed by atoms with Crippen molar-refractivity contribution in [3.05, 3.63) is 36.5 Å². The number of allylic oxidation sites excluding steroid dienone is 6. The van der Waals surface area contributed by atoms with Crippen LogP contribution in [0.5, 0.6) is 0 Å². The van der Waals surface area contributed by atoms with Crippen LogP contribution in [0.15, 0.2) is 36.5 Å². The molecule has 0 bridgehead atoms. The number of rotatable bonds is 48. The molecular weight excluding hydrogens is 757 g/mol. The van der Waals surface area contributed by atoms with E-state index in [4.69, 9.17) is 14.2 Å². The molecule has 356 valence electrons. The Balaban J connectivity index is 4.37. The Labute approximate surface area is 378 Å². The highest BCUT2D eigenvalue weighted by atomic mass is 16.6. The van der Waals surface area contributed by atoms with Gasteiger partial charge in [-0.1, -0.05) is 218 Å². The molecule has 0 amide bonds. The summed E-state index contributed by atoms with van der Waals surface area (Å²) < 4.78 is 16.8. The van der Waals surface area contributed by atoms with Crippen molar-refractivity contribution in [2.24, 2.45) is 0 Å². The molecule has 0 rings (SSSR count). The number of carbonyl (C=O) groups is 3. The average Bonchev–Trinajstić information content (AvgIpc) is 3.26. The van der Waals surface area contributed by atoms with Crippen LogP contribution in [0, 0.1) is 0 Å². The predicted molar refractivity (Wildman–Crippen MR) is 261 cm³/mol. The van der Waals surface area contributed by atoms with Crippen LogP contribution in [0.4, 0.5) is 0 Å². The molecule has 0 aliphatic rings. The molecule has 0 aliphatic heterocycles. The van der Waals surface area contributed by atoms with Crippen LogP contribution in [0.3, 0.4) is 0 Å². The van der Waals surface area contributed by atoms with Crippen LogP contribution in [0.25, 0.3) is 0 Å². The molecule has 0 heterocycles. The summed E-state index contributed by atoms with van der Waals surface area (Å²) >= 11 is 0. The van der Waals surface area contributed by atoms with Gasteiger partial charge in [-0.2, -0.15) is 0 Å². The van der Waals surface area contributed by atoms with E-state index in [1.165, 1.54) is 154 Å². The topological polar surface area (TPSA) is 78.9 Å². The second-order valence-electron chi connectivity index (χ2n) is 17.8. The average molecular weight is 857 g/mol. The van der Waals surface area contributed by atoms with E-state index in [1.807, 2.05) is 0 Å². The molecule has 0 saturated carbocycles. The third-order valence-electron chi connectivity index (χ3n) is 11.6. The largest absolute Gasteiger partial charge is 0.462 e. The number of carbonyl (C=O) groups excluding carboxylic acids is 3. The van der Waals surface area contributed by atoms with E-state index in [2.05, 4.69) is 57.2 Å². The molecule has 0 fully saturated rings. The van der Waals surface area contributed by atoms with Crippen molar-refractivity contribution in [2.45, 2.75) is 284 Å².